The second-order valence-electron chi connectivity index (χ2n) is 4.12. The molecule has 2 heterocycles. The van der Waals surface area contributed by atoms with E-state index in [1.54, 1.807) is 11.8 Å². The van der Waals surface area contributed by atoms with Gasteiger partial charge in [0.15, 0.2) is 5.17 Å². The van der Waals surface area contributed by atoms with Crippen molar-refractivity contribution >= 4 is 39.3 Å². The first-order valence-corrected chi connectivity index (χ1v) is 6.65. The molecule has 0 bridgehead atoms. The third kappa shape index (κ3) is 1.99. The van der Waals surface area contributed by atoms with Gasteiger partial charge in [-0.3, -0.25) is 0 Å². The number of rotatable bonds is 1. The number of anilines is 1. The van der Waals surface area contributed by atoms with Crippen molar-refractivity contribution in [2.45, 2.75) is 0 Å². The number of nitrogen functional groups attached to an aromatic ring is 1. The number of amidine groups is 1. The lowest BCUT2D eigenvalue weighted by Gasteiger charge is -2.09. The molecule has 0 saturated carbocycles. The van der Waals surface area contributed by atoms with Gasteiger partial charge in [0.05, 0.1) is 11.2 Å². The zero-order valence-electron chi connectivity index (χ0n) is 10.00. The minimum Gasteiger partial charge on any atom is -0.383 e. The Morgan fingerprint density at radius 3 is 3.06 bits per heavy atom. The molecule has 1 fully saturated rings. The fourth-order valence-electron chi connectivity index (χ4n) is 1.84. The third-order valence-corrected chi connectivity index (χ3v) is 3.91. The number of nitrogens with zero attached hydrogens (tertiary/aromatic N) is 4. The number of hydrogen-bond acceptors (Lipinski definition) is 5. The number of aromatic nitrogens is 2. The van der Waals surface area contributed by atoms with Gasteiger partial charge in [-0.25, -0.2) is 15.0 Å². The maximum absolute atomic E-state index is 5.85. The van der Waals surface area contributed by atoms with Crippen LogP contribution < -0.4 is 5.73 Å². The average molecular weight is 259 g/mol. The van der Waals surface area contributed by atoms with E-state index in [0.29, 0.717) is 5.82 Å². The van der Waals surface area contributed by atoms with Crippen LogP contribution in [0.5, 0.6) is 0 Å². The topological polar surface area (TPSA) is 67.4 Å². The Labute approximate surface area is 109 Å². The molecule has 0 amide bonds. The van der Waals surface area contributed by atoms with E-state index in [1.807, 2.05) is 18.2 Å². The van der Waals surface area contributed by atoms with E-state index in [2.05, 4.69) is 26.9 Å². The molecule has 0 radical (unpaired) electrons. The number of fused-ring (bicyclic) bond motifs is 1. The summed E-state index contributed by atoms with van der Waals surface area (Å²) in [5.41, 5.74) is 7.58. The Morgan fingerprint density at radius 2 is 2.28 bits per heavy atom. The summed E-state index contributed by atoms with van der Waals surface area (Å²) in [5.74, 6) is 1.59. The van der Waals surface area contributed by atoms with Gasteiger partial charge in [-0.15, -0.1) is 0 Å². The summed E-state index contributed by atoms with van der Waals surface area (Å²) in [5, 5.41) is 1.90. The van der Waals surface area contributed by atoms with Gasteiger partial charge in [-0.05, 0) is 18.2 Å². The van der Waals surface area contributed by atoms with Crippen LogP contribution in [0.25, 0.3) is 10.9 Å². The van der Waals surface area contributed by atoms with Crippen molar-refractivity contribution in [3.8, 4) is 0 Å². The number of benzene rings is 1. The normalized spacial score (nSPS) is 17.8. The molecule has 1 aromatic heterocycles. The molecule has 0 atom stereocenters. The molecule has 5 nitrogen and oxygen atoms in total. The molecule has 1 aliphatic heterocycles. The Kier molecular flexibility index (Phi) is 2.79. The van der Waals surface area contributed by atoms with Gasteiger partial charge in [-0.2, -0.15) is 0 Å². The van der Waals surface area contributed by atoms with E-state index in [1.165, 1.54) is 6.33 Å². The van der Waals surface area contributed by atoms with Gasteiger partial charge in [0, 0.05) is 24.7 Å². The first-order valence-electron chi connectivity index (χ1n) is 5.67. The van der Waals surface area contributed by atoms with Crippen molar-refractivity contribution in [3.63, 3.8) is 0 Å². The molecular weight excluding hydrogens is 246 g/mol. The van der Waals surface area contributed by atoms with Crippen LogP contribution in [0.4, 0.5) is 11.5 Å². The lowest BCUT2D eigenvalue weighted by atomic mass is 10.2. The summed E-state index contributed by atoms with van der Waals surface area (Å²) in [6, 6.07) is 5.81. The van der Waals surface area contributed by atoms with Crippen molar-refractivity contribution in [1.29, 1.82) is 0 Å². The summed E-state index contributed by atoms with van der Waals surface area (Å²) in [7, 11) is 2.05. The fourth-order valence-corrected chi connectivity index (χ4v) is 2.87. The molecule has 1 saturated heterocycles. The molecule has 1 aliphatic rings. The van der Waals surface area contributed by atoms with E-state index < -0.39 is 0 Å². The SMILES string of the molecule is CN1CCSC1=Nc1ccc2ncnc(N)c2c1. The standard InChI is InChI=1S/C12H13N5S/c1-17-4-5-18-12(17)16-8-2-3-10-9(6-8)11(13)15-7-14-10/h2-3,6-7H,4-5H2,1H3,(H2,13,14,15). The highest BCUT2D eigenvalue weighted by Crippen LogP contribution is 2.26. The number of thioether (sulfide) groups is 1. The summed E-state index contributed by atoms with van der Waals surface area (Å²) in [6.45, 7) is 1.04. The van der Waals surface area contributed by atoms with E-state index in [9.17, 15) is 0 Å². The minimum atomic E-state index is 0.495. The molecule has 2 aromatic rings. The van der Waals surface area contributed by atoms with Crippen LogP contribution in [-0.2, 0) is 0 Å². The molecular formula is C12H13N5S. The number of aliphatic imine (C=N–C) groups is 1. The van der Waals surface area contributed by atoms with Crippen molar-refractivity contribution in [1.82, 2.24) is 14.9 Å². The predicted octanol–water partition coefficient (Wildman–Crippen LogP) is 1.88. The molecule has 6 heteroatoms. The fraction of sp³-hybridized carbons (Fsp3) is 0.250. The molecule has 92 valence electrons. The van der Waals surface area contributed by atoms with Gasteiger partial charge in [0.1, 0.15) is 12.1 Å². The van der Waals surface area contributed by atoms with Crippen LogP contribution in [0.1, 0.15) is 0 Å². The first-order chi connectivity index (χ1) is 8.74. The molecule has 0 spiro atoms. The smallest absolute Gasteiger partial charge is 0.164 e. The summed E-state index contributed by atoms with van der Waals surface area (Å²) < 4.78 is 0. The quantitative estimate of drug-likeness (QED) is 0.847. The van der Waals surface area contributed by atoms with Crippen LogP contribution in [0, 0.1) is 0 Å². The molecule has 2 N–H and O–H groups in total. The highest BCUT2D eigenvalue weighted by atomic mass is 32.2. The molecule has 0 aliphatic carbocycles. The first kappa shape index (κ1) is 11.3. The largest absolute Gasteiger partial charge is 0.383 e. The van der Waals surface area contributed by atoms with Crippen LogP contribution in [0.15, 0.2) is 29.5 Å². The lowest BCUT2D eigenvalue weighted by molar-refractivity contribution is 0.563. The Morgan fingerprint density at radius 1 is 1.39 bits per heavy atom. The van der Waals surface area contributed by atoms with Gasteiger partial charge in [0.25, 0.3) is 0 Å². The Hall–Kier alpha value is -1.82. The molecule has 3 rings (SSSR count). The second-order valence-corrected chi connectivity index (χ2v) is 5.19. The Balaban J connectivity index is 2.06. The highest BCUT2D eigenvalue weighted by molar-refractivity contribution is 8.14. The number of hydrogen-bond donors (Lipinski definition) is 1. The van der Waals surface area contributed by atoms with Crippen LogP contribution in [0.2, 0.25) is 0 Å². The Bertz CT molecular complexity index is 625. The number of nitrogens with two attached hydrogens (primary N) is 1. The zero-order valence-corrected chi connectivity index (χ0v) is 10.8. The van der Waals surface area contributed by atoms with Gasteiger partial charge < -0.3 is 10.6 Å². The maximum Gasteiger partial charge on any atom is 0.164 e. The van der Waals surface area contributed by atoms with E-state index in [0.717, 1.165) is 34.1 Å². The van der Waals surface area contributed by atoms with Crippen LogP contribution >= 0.6 is 11.8 Å². The van der Waals surface area contributed by atoms with Gasteiger partial charge in [-0.1, -0.05) is 11.8 Å². The van der Waals surface area contributed by atoms with Gasteiger partial charge in [0.2, 0.25) is 0 Å². The predicted molar refractivity (Wildman–Crippen MR) is 76.1 cm³/mol. The molecule has 18 heavy (non-hydrogen) atoms. The van der Waals surface area contributed by atoms with Gasteiger partial charge >= 0.3 is 0 Å². The zero-order chi connectivity index (χ0) is 12.5. The van der Waals surface area contributed by atoms with Crippen molar-refractivity contribution in [3.05, 3.63) is 24.5 Å². The minimum absolute atomic E-state index is 0.495. The van der Waals surface area contributed by atoms with Crippen molar-refractivity contribution in [2.24, 2.45) is 4.99 Å². The van der Waals surface area contributed by atoms with E-state index >= 15 is 0 Å². The lowest BCUT2D eigenvalue weighted by Crippen LogP contribution is -2.17. The van der Waals surface area contributed by atoms with Crippen molar-refractivity contribution in [2.75, 3.05) is 25.1 Å². The highest BCUT2D eigenvalue weighted by Gasteiger charge is 2.14. The van der Waals surface area contributed by atoms with Crippen LogP contribution in [0.3, 0.4) is 0 Å². The van der Waals surface area contributed by atoms with Crippen LogP contribution in [-0.4, -0.2) is 39.4 Å². The van der Waals surface area contributed by atoms with E-state index in [4.69, 9.17) is 5.73 Å². The molecule has 1 aromatic carbocycles. The monoisotopic (exact) mass is 259 g/mol. The third-order valence-electron chi connectivity index (χ3n) is 2.86. The summed E-state index contributed by atoms with van der Waals surface area (Å²) in [6.07, 6.45) is 1.48. The second kappa shape index (κ2) is 4.45. The summed E-state index contributed by atoms with van der Waals surface area (Å²) >= 11 is 1.77. The summed E-state index contributed by atoms with van der Waals surface area (Å²) in [4.78, 5) is 14.9. The molecule has 0 unspecified atom stereocenters. The average Bonchev–Trinajstić information content (AvgIpc) is 2.76. The van der Waals surface area contributed by atoms with Crippen molar-refractivity contribution < 1.29 is 0 Å². The van der Waals surface area contributed by atoms with E-state index in [-0.39, 0.29) is 0 Å². The maximum atomic E-state index is 5.85.